The van der Waals surface area contributed by atoms with Crippen molar-refractivity contribution in [2.45, 2.75) is 34.2 Å². The van der Waals surface area contributed by atoms with Gasteiger partial charge in [-0.2, -0.15) is 0 Å². The molecule has 1 aliphatic rings. The van der Waals surface area contributed by atoms with Crippen LogP contribution in [0, 0.1) is 33.5 Å². The van der Waals surface area contributed by atoms with Crippen molar-refractivity contribution < 1.29 is 14.0 Å². The molecule has 33 heavy (non-hydrogen) atoms. The number of thioether (sulfide) groups is 1. The summed E-state index contributed by atoms with van der Waals surface area (Å²) < 4.78 is 17.4. The second kappa shape index (κ2) is 9.12. The Hall–Kier alpha value is -2.35. The van der Waals surface area contributed by atoms with E-state index in [9.17, 15) is 14.0 Å². The van der Waals surface area contributed by atoms with Gasteiger partial charge in [-0.15, -0.1) is 0 Å². The average molecular weight is 548 g/mol. The van der Waals surface area contributed by atoms with E-state index in [1.807, 2.05) is 33.8 Å². The lowest BCUT2D eigenvalue weighted by atomic mass is 10.1. The van der Waals surface area contributed by atoms with Crippen LogP contribution in [0.5, 0.6) is 0 Å². The SMILES string of the molecule is Cc1cc(-n2c(C)cc(/C=C3\SC(=O)N(Cc4c(F)cccc4Cl)C3=O)c2C)cc(C)c1Br. The van der Waals surface area contributed by atoms with E-state index in [2.05, 4.69) is 32.6 Å². The van der Waals surface area contributed by atoms with Gasteiger partial charge in [-0.25, -0.2) is 4.39 Å². The molecule has 0 saturated carbocycles. The molecule has 8 heteroatoms. The molecule has 2 aromatic carbocycles. The van der Waals surface area contributed by atoms with Gasteiger partial charge in [-0.3, -0.25) is 14.5 Å². The average Bonchev–Trinajstić information content (AvgIpc) is 3.17. The molecular formula is C25H21BrClFN2O2S. The minimum Gasteiger partial charge on any atom is -0.318 e. The number of hydrogen-bond donors (Lipinski definition) is 0. The molecule has 3 aromatic rings. The number of hydrogen-bond acceptors (Lipinski definition) is 3. The van der Waals surface area contributed by atoms with Crippen molar-refractivity contribution in [1.29, 1.82) is 0 Å². The van der Waals surface area contributed by atoms with Crippen LogP contribution in [0.25, 0.3) is 11.8 Å². The Kier molecular flexibility index (Phi) is 6.58. The zero-order chi connectivity index (χ0) is 24.0. The number of carbonyl (C=O) groups is 2. The van der Waals surface area contributed by atoms with Gasteiger partial charge in [0.05, 0.1) is 11.4 Å². The summed E-state index contributed by atoms with van der Waals surface area (Å²) in [5.74, 6) is -1.00. The zero-order valence-corrected chi connectivity index (χ0v) is 21.7. The number of amides is 2. The Balaban J connectivity index is 1.67. The van der Waals surface area contributed by atoms with Gasteiger partial charge in [-0.1, -0.05) is 33.6 Å². The maximum atomic E-state index is 14.2. The molecule has 1 aliphatic heterocycles. The third-order valence-corrected chi connectivity index (χ3v) is 8.20. The Labute approximate surface area is 209 Å². The molecule has 1 saturated heterocycles. The standard InChI is InChI=1S/C25H21BrClFN2O2S/c1-13-8-18(9-14(2)23(13)26)30-15(3)10-17(16(30)4)11-22-24(31)29(25(32)33-22)12-19-20(27)6-5-7-21(19)28/h5-11H,12H2,1-4H3/b22-11-. The van der Waals surface area contributed by atoms with Gasteiger partial charge in [0.15, 0.2) is 0 Å². The van der Waals surface area contributed by atoms with Gasteiger partial charge in [0.1, 0.15) is 5.82 Å². The predicted molar refractivity (Wildman–Crippen MR) is 135 cm³/mol. The van der Waals surface area contributed by atoms with Crippen LogP contribution in [0.4, 0.5) is 9.18 Å². The minimum absolute atomic E-state index is 0.127. The molecule has 0 spiro atoms. The van der Waals surface area contributed by atoms with Gasteiger partial charge < -0.3 is 4.57 Å². The molecular weight excluding hydrogens is 527 g/mol. The third kappa shape index (κ3) is 4.42. The lowest BCUT2D eigenvalue weighted by Crippen LogP contribution is -2.28. The first kappa shape index (κ1) is 23.8. The smallest absolute Gasteiger partial charge is 0.293 e. The maximum Gasteiger partial charge on any atom is 0.293 e. The van der Waals surface area contributed by atoms with Gasteiger partial charge >= 0.3 is 0 Å². The highest BCUT2D eigenvalue weighted by atomic mass is 79.9. The van der Waals surface area contributed by atoms with Crippen molar-refractivity contribution in [2.75, 3.05) is 0 Å². The number of aryl methyl sites for hydroxylation is 3. The van der Waals surface area contributed by atoms with Crippen LogP contribution in [0.2, 0.25) is 5.02 Å². The highest BCUT2D eigenvalue weighted by Crippen LogP contribution is 2.36. The fourth-order valence-electron chi connectivity index (χ4n) is 4.00. The first-order valence-electron chi connectivity index (χ1n) is 10.2. The van der Waals surface area contributed by atoms with Crippen molar-refractivity contribution in [3.8, 4) is 5.69 Å². The van der Waals surface area contributed by atoms with Crippen LogP contribution in [-0.2, 0) is 11.3 Å². The van der Waals surface area contributed by atoms with Crippen LogP contribution >= 0.6 is 39.3 Å². The lowest BCUT2D eigenvalue weighted by molar-refractivity contribution is -0.123. The topological polar surface area (TPSA) is 42.3 Å². The Bertz CT molecular complexity index is 1310. The van der Waals surface area contributed by atoms with Gasteiger partial charge in [0, 0.05) is 32.1 Å². The predicted octanol–water partition coefficient (Wildman–Crippen LogP) is 7.50. The second-order valence-corrected chi connectivity index (χ2v) is 10.2. The Morgan fingerprint density at radius 2 is 1.76 bits per heavy atom. The molecule has 2 amide bonds. The van der Waals surface area contributed by atoms with E-state index >= 15 is 0 Å². The molecule has 1 fully saturated rings. The van der Waals surface area contributed by atoms with E-state index in [-0.39, 0.29) is 17.1 Å². The molecule has 4 nitrogen and oxygen atoms in total. The van der Waals surface area contributed by atoms with Crippen LogP contribution in [0.15, 0.2) is 45.8 Å². The molecule has 0 unspecified atom stereocenters. The number of carbonyl (C=O) groups excluding carboxylic acids is 2. The van der Waals surface area contributed by atoms with E-state index in [4.69, 9.17) is 11.6 Å². The quantitative estimate of drug-likeness (QED) is 0.318. The van der Waals surface area contributed by atoms with E-state index in [0.717, 1.165) is 54.9 Å². The lowest BCUT2D eigenvalue weighted by Gasteiger charge is -2.14. The van der Waals surface area contributed by atoms with Crippen molar-refractivity contribution in [3.63, 3.8) is 0 Å². The van der Waals surface area contributed by atoms with E-state index < -0.39 is 17.0 Å². The minimum atomic E-state index is -0.547. The largest absolute Gasteiger partial charge is 0.318 e. The van der Waals surface area contributed by atoms with E-state index in [1.54, 1.807) is 6.08 Å². The second-order valence-electron chi connectivity index (χ2n) is 8.02. The first-order valence-corrected chi connectivity index (χ1v) is 12.2. The number of imide groups is 1. The molecule has 0 atom stereocenters. The molecule has 4 rings (SSSR count). The van der Waals surface area contributed by atoms with Crippen molar-refractivity contribution in [1.82, 2.24) is 9.47 Å². The number of benzene rings is 2. The summed E-state index contributed by atoms with van der Waals surface area (Å²) in [4.78, 5) is 26.9. The van der Waals surface area contributed by atoms with Gasteiger partial charge in [0.2, 0.25) is 0 Å². The molecule has 1 aromatic heterocycles. The zero-order valence-electron chi connectivity index (χ0n) is 18.5. The van der Waals surface area contributed by atoms with E-state index in [1.165, 1.54) is 18.2 Å². The fourth-order valence-corrected chi connectivity index (χ4v) is 5.28. The summed E-state index contributed by atoms with van der Waals surface area (Å²) in [5, 5.41) is -0.264. The normalized spacial score (nSPS) is 15.2. The first-order chi connectivity index (χ1) is 15.6. The Morgan fingerprint density at radius 3 is 2.39 bits per heavy atom. The van der Waals surface area contributed by atoms with E-state index in [0.29, 0.717) is 4.91 Å². The van der Waals surface area contributed by atoms with Crippen molar-refractivity contribution in [3.05, 3.63) is 90.3 Å². The summed E-state index contributed by atoms with van der Waals surface area (Å²) in [6.45, 7) is 7.88. The number of aromatic nitrogens is 1. The third-order valence-electron chi connectivity index (χ3n) is 5.69. The molecule has 0 radical (unpaired) electrons. The summed E-state index contributed by atoms with van der Waals surface area (Å²) in [6, 6.07) is 10.5. The summed E-state index contributed by atoms with van der Waals surface area (Å²) >= 11 is 10.5. The van der Waals surface area contributed by atoms with Crippen molar-refractivity contribution >= 4 is 56.5 Å². The molecule has 0 bridgehead atoms. The number of halogens is 3. The molecule has 0 N–H and O–H groups in total. The highest BCUT2D eigenvalue weighted by Gasteiger charge is 2.36. The van der Waals surface area contributed by atoms with Crippen molar-refractivity contribution in [2.24, 2.45) is 0 Å². The maximum absolute atomic E-state index is 14.2. The summed E-state index contributed by atoms with van der Waals surface area (Å²) in [7, 11) is 0. The van der Waals surface area contributed by atoms with Gasteiger partial charge in [0.25, 0.3) is 11.1 Å². The van der Waals surface area contributed by atoms with Gasteiger partial charge in [-0.05, 0) is 92.6 Å². The van der Waals surface area contributed by atoms with Crippen LogP contribution in [0.1, 0.15) is 33.6 Å². The van der Waals surface area contributed by atoms with Crippen LogP contribution in [-0.4, -0.2) is 20.6 Å². The molecule has 0 aliphatic carbocycles. The number of rotatable bonds is 4. The highest BCUT2D eigenvalue weighted by molar-refractivity contribution is 9.10. The molecule has 170 valence electrons. The Morgan fingerprint density at radius 1 is 1.09 bits per heavy atom. The monoisotopic (exact) mass is 546 g/mol. The molecule has 2 heterocycles. The number of nitrogens with zero attached hydrogens (tertiary/aromatic N) is 2. The van der Waals surface area contributed by atoms with Crippen LogP contribution in [0.3, 0.4) is 0 Å². The van der Waals surface area contributed by atoms with Crippen LogP contribution < -0.4 is 0 Å². The summed E-state index contributed by atoms with van der Waals surface area (Å²) in [5.41, 5.74) is 6.24. The fraction of sp³-hybridized carbons (Fsp3) is 0.200. The summed E-state index contributed by atoms with van der Waals surface area (Å²) in [6.07, 6.45) is 1.73.